The van der Waals surface area contributed by atoms with Crippen molar-refractivity contribution in [2.75, 3.05) is 6.54 Å². The van der Waals surface area contributed by atoms with Crippen LogP contribution in [0, 0.1) is 5.82 Å². The van der Waals surface area contributed by atoms with Crippen molar-refractivity contribution in [3.05, 3.63) is 34.1 Å². The van der Waals surface area contributed by atoms with Crippen molar-refractivity contribution in [2.45, 2.75) is 6.42 Å². The molecule has 3 heteroatoms. The minimum absolute atomic E-state index is 0.190. The fourth-order valence-electron chi connectivity index (χ4n) is 0.880. The minimum atomic E-state index is -0.190. The van der Waals surface area contributed by atoms with Gasteiger partial charge in [-0.1, -0.05) is 22.0 Å². The summed E-state index contributed by atoms with van der Waals surface area (Å²) in [5.41, 5.74) is 5.97. The van der Waals surface area contributed by atoms with Crippen LogP contribution in [-0.4, -0.2) is 6.54 Å². The fourth-order valence-corrected chi connectivity index (χ4v) is 1.21. The Bertz CT molecular complexity index is 250. The second-order valence-corrected chi connectivity index (χ2v) is 3.19. The number of rotatable bonds is 2. The van der Waals surface area contributed by atoms with Crippen LogP contribution in [-0.2, 0) is 6.42 Å². The number of benzene rings is 1. The van der Waals surface area contributed by atoms with E-state index in [-0.39, 0.29) is 5.82 Å². The van der Waals surface area contributed by atoms with E-state index in [9.17, 15) is 4.39 Å². The first-order valence-corrected chi connectivity index (χ1v) is 4.17. The topological polar surface area (TPSA) is 26.0 Å². The van der Waals surface area contributed by atoms with Crippen LogP contribution in [0.15, 0.2) is 22.7 Å². The van der Waals surface area contributed by atoms with Gasteiger partial charge in [-0.3, -0.25) is 0 Å². The van der Waals surface area contributed by atoms with Gasteiger partial charge in [0.15, 0.2) is 0 Å². The van der Waals surface area contributed by atoms with E-state index in [2.05, 4.69) is 15.9 Å². The summed E-state index contributed by atoms with van der Waals surface area (Å²) in [7, 11) is 0. The first-order valence-electron chi connectivity index (χ1n) is 3.38. The summed E-state index contributed by atoms with van der Waals surface area (Å²) in [6.07, 6.45) is 0.596. The molecule has 1 aromatic rings. The van der Waals surface area contributed by atoms with E-state index in [0.717, 1.165) is 4.47 Å². The van der Waals surface area contributed by atoms with Crippen LogP contribution in [0.25, 0.3) is 0 Å². The average molecular weight is 218 g/mol. The summed E-state index contributed by atoms with van der Waals surface area (Å²) in [5, 5.41) is 0. The van der Waals surface area contributed by atoms with Gasteiger partial charge in [0.1, 0.15) is 5.82 Å². The third kappa shape index (κ3) is 2.27. The molecule has 0 saturated heterocycles. The Morgan fingerprint density at radius 1 is 1.45 bits per heavy atom. The van der Waals surface area contributed by atoms with E-state index in [1.165, 1.54) is 6.07 Å². The van der Waals surface area contributed by atoms with Gasteiger partial charge in [0.05, 0.1) is 0 Å². The van der Waals surface area contributed by atoms with Gasteiger partial charge in [-0.2, -0.15) is 0 Å². The molecule has 1 rings (SSSR count). The maximum absolute atomic E-state index is 13.0. The van der Waals surface area contributed by atoms with Crippen LogP contribution >= 0.6 is 15.9 Å². The van der Waals surface area contributed by atoms with Crippen LogP contribution in [0.3, 0.4) is 0 Å². The lowest BCUT2D eigenvalue weighted by Crippen LogP contribution is -2.04. The third-order valence-corrected chi connectivity index (χ3v) is 1.92. The van der Waals surface area contributed by atoms with E-state index in [0.29, 0.717) is 18.5 Å². The first-order chi connectivity index (χ1) is 5.24. The molecule has 60 valence electrons. The van der Waals surface area contributed by atoms with Gasteiger partial charge >= 0.3 is 0 Å². The molecular weight excluding hydrogens is 209 g/mol. The zero-order valence-electron chi connectivity index (χ0n) is 5.98. The lowest BCUT2D eigenvalue weighted by molar-refractivity contribution is 0.608. The van der Waals surface area contributed by atoms with Gasteiger partial charge in [-0.15, -0.1) is 0 Å². The maximum atomic E-state index is 13.0. The van der Waals surface area contributed by atoms with E-state index in [1.54, 1.807) is 6.07 Å². The van der Waals surface area contributed by atoms with Gasteiger partial charge in [-0.05, 0) is 30.7 Å². The Morgan fingerprint density at radius 2 is 2.18 bits per heavy atom. The zero-order chi connectivity index (χ0) is 8.27. The van der Waals surface area contributed by atoms with Gasteiger partial charge < -0.3 is 5.73 Å². The fraction of sp³-hybridized carbons (Fsp3) is 0.250. The molecule has 0 aliphatic carbocycles. The molecule has 0 heterocycles. The molecule has 1 aromatic carbocycles. The van der Waals surface area contributed by atoms with E-state index in [4.69, 9.17) is 5.73 Å². The Kier molecular flexibility index (Phi) is 3.02. The number of halogens is 2. The molecule has 0 aromatic heterocycles. The molecule has 0 aliphatic heterocycles. The molecule has 1 nitrogen and oxygen atoms in total. The molecule has 0 fully saturated rings. The van der Waals surface area contributed by atoms with Crippen LogP contribution < -0.4 is 5.73 Å². The highest BCUT2D eigenvalue weighted by atomic mass is 79.9. The molecule has 0 bridgehead atoms. The number of nitrogens with two attached hydrogens (primary N) is 1. The van der Waals surface area contributed by atoms with Gasteiger partial charge in [0.2, 0.25) is 0 Å². The van der Waals surface area contributed by atoms with Crippen LogP contribution in [0.1, 0.15) is 5.56 Å². The standard InChI is InChI=1S/C8H9BrFN/c9-7-2-1-6(3-4-11)8(10)5-7/h1-2,5H,3-4,11H2. The SMILES string of the molecule is NCCc1ccc(Br)cc1F. The minimum Gasteiger partial charge on any atom is -0.330 e. The summed E-state index contributed by atoms with van der Waals surface area (Å²) in [5.74, 6) is -0.190. The van der Waals surface area contributed by atoms with Crippen LogP contribution in [0.5, 0.6) is 0 Å². The molecule has 2 N–H and O–H groups in total. The van der Waals surface area contributed by atoms with Crippen molar-refractivity contribution in [3.8, 4) is 0 Å². The van der Waals surface area contributed by atoms with Gasteiger partial charge in [0, 0.05) is 4.47 Å². The molecule has 0 aliphatic rings. The summed E-state index contributed by atoms with van der Waals surface area (Å²) in [6, 6.07) is 5.01. The summed E-state index contributed by atoms with van der Waals surface area (Å²) in [4.78, 5) is 0. The highest BCUT2D eigenvalue weighted by Gasteiger charge is 2.00. The summed E-state index contributed by atoms with van der Waals surface area (Å²) in [6.45, 7) is 0.485. The summed E-state index contributed by atoms with van der Waals surface area (Å²) < 4.78 is 13.7. The Labute approximate surface area is 73.5 Å². The Balaban J connectivity index is 2.90. The van der Waals surface area contributed by atoms with Crippen molar-refractivity contribution in [1.82, 2.24) is 0 Å². The molecule has 0 atom stereocenters. The van der Waals surface area contributed by atoms with Crippen molar-refractivity contribution < 1.29 is 4.39 Å². The molecule has 0 unspecified atom stereocenters. The Morgan fingerprint density at radius 3 is 2.73 bits per heavy atom. The normalized spacial score (nSPS) is 10.1. The van der Waals surface area contributed by atoms with Crippen molar-refractivity contribution in [1.29, 1.82) is 0 Å². The van der Waals surface area contributed by atoms with Gasteiger partial charge in [-0.25, -0.2) is 4.39 Å². The second kappa shape index (κ2) is 3.83. The zero-order valence-corrected chi connectivity index (χ0v) is 7.57. The largest absolute Gasteiger partial charge is 0.330 e. The maximum Gasteiger partial charge on any atom is 0.127 e. The summed E-state index contributed by atoms with van der Waals surface area (Å²) >= 11 is 3.18. The van der Waals surface area contributed by atoms with Crippen LogP contribution in [0.4, 0.5) is 4.39 Å². The van der Waals surface area contributed by atoms with E-state index in [1.807, 2.05) is 6.07 Å². The average Bonchev–Trinajstić information content (AvgIpc) is 1.95. The smallest absolute Gasteiger partial charge is 0.127 e. The first kappa shape index (κ1) is 8.68. The molecule has 0 spiro atoms. The second-order valence-electron chi connectivity index (χ2n) is 2.27. The molecule has 11 heavy (non-hydrogen) atoms. The lowest BCUT2D eigenvalue weighted by atomic mass is 10.1. The van der Waals surface area contributed by atoms with E-state index < -0.39 is 0 Å². The monoisotopic (exact) mass is 217 g/mol. The Hall–Kier alpha value is -0.410. The number of hydrogen-bond acceptors (Lipinski definition) is 1. The highest BCUT2D eigenvalue weighted by Crippen LogP contribution is 2.15. The van der Waals surface area contributed by atoms with Crippen molar-refractivity contribution >= 4 is 15.9 Å². The van der Waals surface area contributed by atoms with E-state index >= 15 is 0 Å². The van der Waals surface area contributed by atoms with Crippen molar-refractivity contribution in [3.63, 3.8) is 0 Å². The van der Waals surface area contributed by atoms with Crippen LogP contribution in [0.2, 0.25) is 0 Å². The molecular formula is C8H9BrFN. The quantitative estimate of drug-likeness (QED) is 0.807. The predicted molar refractivity (Wildman–Crippen MR) is 46.9 cm³/mol. The molecule has 0 saturated carbocycles. The van der Waals surface area contributed by atoms with Crippen molar-refractivity contribution in [2.24, 2.45) is 5.73 Å². The molecule has 0 radical (unpaired) electrons. The van der Waals surface area contributed by atoms with Gasteiger partial charge in [0.25, 0.3) is 0 Å². The highest BCUT2D eigenvalue weighted by molar-refractivity contribution is 9.10. The lowest BCUT2D eigenvalue weighted by Gasteiger charge is -2.00. The number of hydrogen-bond donors (Lipinski definition) is 1. The predicted octanol–water partition coefficient (Wildman–Crippen LogP) is 2.09. The molecule has 0 amide bonds. The third-order valence-electron chi connectivity index (χ3n) is 1.43.